The molecule has 30 heavy (non-hydrogen) atoms. The number of carbonyl (C=O) groups excluding carboxylic acids is 3. The van der Waals surface area contributed by atoms with Crippen molar-refractivity contribution < 1.29 is 14.4 Å². The van der Waals surface area contributed by atoms with Gasteiger partial charge in [0.05, 0.1) is 29.8 Å². The van der Waals surface area contributed by atoms with Gasteiger partial charge in [0, 0.05) is 5.41 Å². The number of Topliss-reactive ketones (excluding diaryl/α,β-unsaturated/α-hetero) is 1. The molecule has 0 N–H and O–H groups in total. The van der Waals surface area contributed by atoms with Gasteiger partial charge in [-0.05, 0) is 23.3 Å². The Morgan fingerprint density at radius 3 is 2.23 bits per heavy atom. The molecule has 3 aliphatic rings. The largest absolute Gasteiger partial charge is 0.297 e. The lowest BCUT2D eigenvalue weighted by Crippen LogP contribution is -2.48. The Balaban J connectivity index is 1.68. The number of hydrogen-bond acceptors (Lipinski definition) is 5. The lowest BCUT2D eigenvalue weighted by atomic mass is 9.79. The SMILES string of the molecule is CC(C)(C)C(=O)[C@@H]1[C@H]2C(=O)N(c3ccccc3)C(=O)[C@H]2[C@@H]2c3ccccc3C=NN12. The second kappa shape index (κ2) is 6.36. The Bertz CT molecular complexity index is 1090. The summed E-state index contributed by atoms with van der Waals surface area (Å²) in [5.41, 5.74) is 1.73. The standard InChI is InChI=1S/C24H23N3O3/c1-24(2,3)21(28)20-18-17(19-16-12-8-7-9-14(16)13-25-27(19)20)22(29)26(23(18)30)15-10-5-4-6-11-15/h4-13,17-20H,1-3H3/t17-,18+,19+,20+/m1/s1. The summed E-state index contributed by atoms with van der Waals surface area (Å²) < 4.78 is 0. The zero-order valence-corrected chi connectivity index (χ0v) is 17.1. The molecule has 6 nitrogen and oxygen atoms in total. The highest BCUT2D eigenvalue weighted by molar-refractivity contribution is 6.24. The molecule has 4 atom stereocenters. The Hall–Kier alpha value is -3.28. The lowest BCUT2D eigenvalue weighted by molar-refractivity contribution is -0.136. The Morgan fingerprint density at radius 1 is 0.900 bits per heavy atom. The first-order valence-electron chi connectivity index (χ1n) is 10.2. The van der Waals surface area contributed by atoms with Crippen LogP contribution in [0.1, 0.15) is 37.9 Å². The van der Waals surface area contributed by atoms with Gasteiger partial charge in [0.2, 0.25) is 11.8 Å². The van der Waals surface area contributed by atoms with Crippen LogP contribution < -0.4 is 4.90 Å². The predicted molar refractivity (Wildman–Crippen MR) is 113 cm³/mol. The van der Waals surface area contributed by atoms with Crippen molar-refractivity contribution in [3.05, 3.63) is 65.7 Å². The minimum atomic E-state index is -0.769. The van der Waals surface area contributed by atoms with E-state index in [1.807, 2.05) is 51.1 Å². The molecule has 2 amide bonds. The first-order chi connectivity index (χ1) is 14.3. The first-order valence-corrected chi connectivity index (χ1v) is 10.2. The zero-order valence-electron chi connectivity index (χ0n) is 17.1. The highest BCUT2D eigenvalue weighted by Gasteiger charge is 2.66. The molecule has 0 aliphatic carbocycles. The number of ketones is 1. The molecule has 6 heteroatoms. The van der Waals surface area contributed by atoms with Gasteiger partial charge >= 0.3 is 0 Å². The molecule has 0 bridgehead atoms. The highest BCUT2D eigenvalue weighted by Crippen LogP contribution is 2.53. The number of nitrogens with zero attached hydrogens (tertiary/aromatic N) is 3. The van der Waals surface area contributed by atoms with E-state index in [0.29, 0.717) is 5.69 Å². The molecular formula is C24H23N3O3. The Morgan fingerprint density at radius 2 is 1.53 bits per heavy atom. The summed E-state index contributed by atoms with van der Waals surface area (Å²) in [5.74, 6) is -2.05. The second-order valence-electron chi connectivity index (χ2n) is 9.16. The molecule has 5 rings (SSSR count). The summed E-state index contributed by atoms with van der Waals surface area (Å²) >= 11 is 0. The third-order valence-corrected chi connectivity index (χ3v) is 6.32. The number of amides is 2. The van der Waals surface area contributed by atoms with E-state index >= 15 is 0 Å². The van der Waals surface area contributed by atoms with Crippen LogP contribution in [0.15, 0.2) is 59.7 Å². The summed E-state index contributed by atoms with van der Waals surface area (Å²) in [7, 11) is 0. The van der Waals surface area contributed by atoms with Crippen molar-refractivity contribution in [3.63, 3.8) is 0 Å². The summed E-state index contributed by atoms with van der Waals surface area (Å²) in [6, 6.07) is 15.5. The van der Waals surface area contributed by atoms with Gasteiger partial charge in [0.1, 0.15) is 6.04 Å². The van der Waals surface area contributed by atoms with Crippen LogP contribution in [0.4, 0.5) is 5.69 Å². The number of benzene rings is 2. The maximum atomic E-state index is 13.6. The number of anilines is 1. The number of fused-ring (bicyclic) bond motifs is 5. The van der Waals surface area contributed by atoms with Gasteiger partial charge in [-0.1, -0.05) is 63.2 Å². The van der Waals surface area contributed by atoms with Gasteiger partial charge in [0.25, 0.3) is 0 Å². The molecule has 2 aromatic rings. The quantitative estimate of drug-likeness (QED) is 0.725. The van der Waals surface area contributed by atoms with Gasteiger partial charge in [0.15, 0.2) is 5.78 Å². The van der Waals surface area contributed by atoms with E-state index in [-0.39, 0.29) is 17.6 Å². The molecule has 2 aromatic carbocycles. The fourth-order valence-corrected chi connectivity index (χ4v) is 4.94. The van der Waals surface area contributed by atoms with Crippen LogP contribution in [0, 0.1) is 17.3 Å². The molecule has 3 heterocycles. The fraction of sp³-hybridized carbons (Fsp3) is 0.333. The van der Waals surface area contributed by atoms with Crippen LogP contribution in [0.3, 0.4) is 0 Å². The van der Waals surface area contributed by atoms with Crippen LogP contribution in [0.2, 0.25) is 0 Å². The summed E-state index contributed by atoms with van der Waals surface area (Å²) in [6.07, 6.45) is 1.72. The van der Waals surface area contributed by atoms with Crippen molar-refractivity contribution in [3.8, 4) is 0 Å². The fourth-order valence-electron chi connectivity index (χ4n) is 4.94. The number of rotatable bonds is 2. The third-order valence-electron chi connectivity index (χ3n) is 6.32. The maximum absolute atomic E-state index is 13.6. The maximum Gasteiger partial charge on any atom is 0.240 e. The van der Waals surface area contributed by atoms with Crippen LogP contribution >= 0.6 is 0 Å². The Kier molecular flexibility index (Phi) is 3.97. The number of para-hydroxylation sites is 1. The molecule has 3 aliphatic heterocycles. The molecule has 152 valence electrons. The monoisotopic (exact) mass is 401 g/mol. The van der Waals surface area contributed by atoms with Crippen molar-refractivity contribution in [1.29, 1.82) is 0 Å². The average Bonchev–Trinajstić information content (AvgIpc) is 3.20. The van der Waals surface area contributed by atoms with E-state index in [2.05, 4.69) is 5.10 Å². The van der Waals surface area contributed by atoms with Crippen molar-refractivity contribution in [1.82, 2.24) is 5.01 Å². The van der Waals surface area contributed by atoms with Crippen molar-refractivity contribution in [2.24, 2.45) is 22.4 Å². The number of carbonyl (C=O) groups is 3. The second-order valence-corrected chi connectivity index (χ2v) is 9.16. The summed E-state index contributed by atoms with van der Waals surface area (Å²) in [6.45, 7) is 5.53. The van der Waals surface area contributed by atoms with Crippen LogP contribution in [-0.2, 0) is 14.4 Å². The van der Waals surface area contributed by atoms with E-state index < -0.39 is 29.3 Å². The molecule has 0 unspecified atom stereocenters. The minimum absolute atomic E-state index is 0.0763. The molecule has 2 saturated heterocycles. The topological polar surface area (TPSA) is 70.0 Å². The van der Waals surface area contributed by atoms with Gasteiger partial charge < -0.3 is 0 Å². The van der Waals surface area contributed by atoms with E-state index in [1.165, 1.54) is 4.90 Å². The minimum Gasteiger partial charge on any atom is -0.297 e. The number of hydrogen-bond donors (Lipinski definition) is 0. The Labute approximate surface area is 175 Å². The van der Waals surface area contributed by atoms with Gasteiger partial charge in [-0.2, -0.15) is 5.10 Å². The predicted octanol–water partition coefficient (Wildman–Crippen LogP) is 3.18. The average molecular weight is 401 g/mol. The first kappa shape index (κ1) is 18.7. The zero-order chi connectivity index (χ0) is 21.2. The molecular weight excluding hydrogens is 378 g/mol. The van der Waals surface area contributed by atoms with Crippen molar-refractivity contribution in [2.75, 3.05) is 4.90 Å². The molecule has 0 radical (unpaired) electrons. The summed E-state index contributed by atoms with van der Waals surface area (Å²) in [5, 5.41) is 6.27. The number of hydrazone groups is 1. The van der Waals surface area contributed by atoms with Gasteiger partial charge in [-0.15, -0.1) is 0 Å². The molecule has 0 aromatic heterocycles. The molecule has 0 saturated carbocycles. The van der Waals surface area contributed by atoms with Crippen LogP contribution in [0.5, 0.6) is 0 Å². The molecule has 0 spiro atoms. The van der Waals surface area contributed by atoms with E-state index in [9.17, 15) is 14.4 Å². The molecule has 2 fully saturated rings. The smallest absolute Gasteiger partial charge is 0.240 e. The van der Waals surface area contributed by atoms with E-state index in [0.717, 1.165) is 11.1 Å². The van der Waals surface area contributed by atoms with Crippen molar-refractivity contribution >= 4 is 29.5 Å². The van der Waals surface area contributed by atoms with E-state index in [1.54, 1.807) is 35.5 Å². The van der Waals surface area contributed by atoms with E-state index in [4.69, 9.17) is 0 Å². The van der Waals surface area contributed by atoms with Gasteiger partial charge in [-0.3, -0.25) is 19.4 Å². The number of imide groups is 1. The normalized spacial score (nSPS) is 27.2. The van der Waals surface area contributed by atoms with Crippen LogP contribution in [0.25, 0.3) is 0 Å². The lowest BCUT2D eigenvalue weighted by Gasteiger charge is -2.35. The highest BCUT2D eigenvalue weighted by atomic mass is 16.2. The van der Waals surface area contributed by atoms with Crippen LogP contribution in [-0.4, -0.2) is 34.9 Å². The van der Waals surface area contributed by atoms with Gasteiger partial charge in [-0.25, -0.2) is 4.90 Å². The summed E-state index contributed by atoms with van der Waals surface area (Å²) in [4.78, 5) is 41.9. The van der Waals surface area contributed by atoms with Crippen molar-refractivity contribution in [2.45, 2.75) is 32.9 Å². The third kappa shape index (κ3) is 2.49.